The molecule has 2 rings (SSSR count). The van der Waals surface area contributed by atoms with Crippen molar-refractivity contribution in [2.45, 2.75) is 51.0 Å². The van der Waals surface area contributed by atoms with E-state index >= 15 is 0 Å². The van der Waals surface area contributed by atoms with Gasteiger partial charge >= 0.3 is 0 Å². The molecule has 116 valence electrons. The number of nitrogens with zero attached hydrogens (tertiary/aromatic N) is 1. The van der Waals surface area contributed by atoms with Crippen LogP contribution in [0.4, 0.5) is 0 Å². The van der Waals surface area contributed by atoms with Gasteiger partial charge in [-0.2, -0.15) is 0 Å². The first-order valence-corrected chi connectivity index (χ1v) is 8.08. The van der Waals surface area contributed by atoms with Crippen LogP contribution < -0.4 is 5.32 Å². The topological polar surface area (TPSA) is 32.3 Å². The molecule has 0 aromatic heterocycles. The van der Waals surface area contributed by atoms with Gasteiger partial charge in [0.1, 0.15) is 0 Å². The predicted molar refractivity (Wildman–Crippen MR) is 87.4 cm³/mol. The van der Waals surface area contributed by atoms with E-state index in [1.807, 2.05) is 25.2 Å². The third-order valence-corrected chi connectivity index (χ3v) is 4.65. The summed E-state index contributed by atoms with van der Waals surface area (Å²) >= 11 is 0. The molecule has 3 nitrogen and oxygen atoms in total. The largest absolute Gasteiger partial charge is 0.339 e. The number of likely N-dealkylation sites (tertiary alicyclic amines) is 1. The normalized spacial score (nSPS) is 19.6. The minimum Gasteiger partial charge on any atom is -0.339 e. The molecule has 21 heavy (non-hydrogen) atoms. The van der Waals surface area contributed by atoms with Crippen LogP contribution in [-0.4, -0.2) is 37.0 Å². The maximum absolute atomic E-state index is 13.1. The molecule has 0 spiro atoms. The summed E-state index contributed by atoms with van der Waals surface area (Å²) in [6, 6.07) is 10.5. The fraction of sp³-hybridized carbons (Fsp3) is 0.611. The second kappa shape index (κ2) is 7.08. The summed E-state index contributed by atoms with van der Waals surface area (Å²) in [4.78, 5) is 15.2. The van der Waals surface area contributed by atoms with Crippen molar-refractivity contribution < 1.29 is 4.79 Å². The zero-order valence-corrected chi connectivity index (χ0v) is 13.6. The summed E-state index contributed by atoms with van der Waals surface area (Å²) in [6.07, 6.45) is 4.56. The van der Waals surface area contributed by atoms with Crippen LogP contribution in [0.2, 0.25) is 0 Å². The molecular formula is C18H28N2O. The maximum atomic E-state index is 13.1. The van der Waals surface area contributed by atoms with Gasteiger partial charge < -0.3 is 10.2 Å². The summed E-state index contributed by atoms with van der Waals surface area (Å²) in [5.74, 6) is 0.273. The van der Waals surface area contributed by atoms with Crippen molar-refractivity contribution in [2.75, 3.05) is 20.1 Å². The number of rotatable bonds is 5. The summed E-state index contributed by atoms with van der Waals surface area (Å²) in [6.45, 7) is 5.98. The Morgan fingerprint density at radius 2 is 2.00 bits per heavy atom. The number of carbonyl (C=O) groups excluding carboxylic acids is 1. The third kappa shape index (κ3) is 3.65. The number of carbonyl (C=O) groups is 1. The smallest absolute Gasteiger partial charge is 0.232 e. The zero-order valence-electron chi connectivity index (χ0n) is 13.6. The summed E-state index contributed by atoms with van der Waals surface area (Å²) < 4.78 is 0. The highest BCUT2D eigenvalue weighted by atomic mass is 16.2. The quantitative estimate of drug-likeness (QED) is 0.903. The van der Waals surface area contributed by atoms with Crippen molar-refractivity contribution in [3.63, 3.8) is 0 Å². The van der Waals surface area contributed by atoms with E-state index in [9.17, 15) is 4.79 Å². The first-order chi connectivity index (χ1) is 10.1. The van der Waals surface area contributed by atoms with E-state index in [4.69, 9.17) is 0 Å². The second-order valence-electron chi connectivity index (χ2n) is 6.53. The highest BCUT2D eigenvalue weighted by Crippen LogP contribution is 2.29. The van der Waals surface area contributed by atoms with Crippen molar-refractivity contribution in [2.24, 2.45) is 0 Å². The minimum atomic E-state index is -0.448. The van der Waals surface area contributed by atoms with Crippen LogP contribution in [0, 0.1) is 0 Å². The summed E-state index contributed by atoms with van der Waals surface area (Å²) in [7, 11) is 1.98. The maximum Gasteiger partial charge on any atom is 0.232 e. The Morgan fingerprint density at radius 3 is 2.67 bits per heavy atom. The Morgan fingerprint density at radius 1 is 1.29 bits per heavy atom. The van der Waals surface area contributed by atoms with Crippen molar-refractivity contribution in [1.82, 2.24) is 10.2 Å². The van der Waals surface area contributed by atoms with E-state index in [1.54, 1.807) is 0 Å². The molecule has 1 N–H and O–H groups in total. The number of hydrogen-bond donors (Lipinski definition) is 1. The first-order valence-electron chi connectivity index (χ1n) is 8.08. The van der Waals surface area contributed by atoms with Gasteiger partial charge in [-0.3, -0.25) is 4.79 Å². The molecule has 1 unspecified atom stereocenters. The van der Waals surface area contributed by atoms with Crippen molar-refractivity contribution in [3.8, 4) is 0 Å². The number of nitrogens with one attached hydrogen (secondary N) is 1. The lowest BCUT2D eigenvalue weighted by molar-refractivity contribution is -0.140. The Hall–Kier alpha value is -1.35. The van der Waals surface area contributed by atoms with Gasteiger partial charge in [0.2, 0.25) is 5.91 Å². The van der Waals surface area contributed by atoms with Crippen LogP contribution in [0.25, 0.3) is 0 Å². The second-order valence-corrected chi connectivity index (χ2v) is 6.53. The minimum absolute atomic E-state index is 0.273. The number of hydrogen-bond acceptors (Lipinski definition) is 2. The van der Waals surface area contributed by atoms with Gasteiger partial charge in [-0.05, 0) is 58.7 Å². The van der Waals surface area contributed by atoms with E-state index in [2.05, 4.69) is 36.2 Å². The molecule has 0 bridgehead atoms. The van der Waals surface area contributed by atoms with Crippen molar-refractivity contribution >= 4 is 5.91 Å². The monoisotopic (exact) mass is 288 g/mol. The molecule has 0 radical (unpaired) electrons. The number of benzene rings is 1. The molecule has 1 aliphatic heterocycles. The Labute approximate surface area is 128 Å². The van der Waals surface area contributed by atoms with Gasteiger partial charge in [0.15, 0.2) is 0 Å². The third-order valence-electron chi connectivity index (χ3n) is 4.65. The molecule has 3 heteroatoms. The van der Waals surface area contributed by atoms with E-state index < -0.39 is 5.41 Å². The van der Waals surface area contributed by atoms with Crippen LogP contribution >= 0.6 is 0 Å². The van der Waals surface area contributed by atoms with Gasteiger partial charge in [0, 0.05) is 12.6 Å². The molecule has 1 saturated heterocycles. The lowest BCUT2D eigenvalue weighted by Crippen LogP contribution is -2.51. The molecule has 0 aliphatic carbocycles. The summed E-state index contributed by atoms with van der Waals surface area (Å²) in [5.41, 5.74) is 0.657. The zero-order chi connectivity index (χ0) is 15.3. The lowest BCUT2D eigenvalue weighted by atomic mass is 9.82. The van der Waals surface area contributed by atoms with Gasteiger partial charge in [-0.15, -0.1) is 0 Å². The highest BCUT2D eigenvalue weighted by molar-refractivity contribution is 5.87. The molecule has 0 saturated carbocycles. The molecule has 1 amide bonds. The van der Waals surface area contributed by atoms with E-state index in [-0.39, 0.29) is 5.91 Å². The van der Waals surface area contributed by atoms with Crippen LogP contribution in [0.1, 0.15) is 45.1 Å². The fourth-order valence-electron chi connectivity index (χ4n) is 3.22. The number of piperidine rings is 1. The van der Waals surface area contributed by atoms with E-state index in [0.29, 0.717) is 6.04 Å². The van der Waals surface area contributed by atoms with Gasteiger partial charge in [0.25, 0.3) is 0 Å². The molecule has 1 aromatic carbocycles. The van der Waals surface area contributed by atoms with E-state index in [0.717, 1.165) is 37.9 Å². The molecule has 1 aromatic rings. The van der Waals surface area contributed by atoms with Gasteiger partial charge in [0.05, 0.1) is 5.41 Å². The molecule has 1 aliphatic rings. The predicted octanol–water partition coefficient (Wildman–Crippen LogP) is 2.95. The molecule has 1 atom stereocenters. The Balaban J connectivity index is 2.16. The fourth-order valence-corrected chi connectivity index (χ4v) is 3.22. The van der Waals surface area contributed by atoms with Crippen molar-refractivity contribution in [3.05, 3.63) is 35.9 Å². The lowest BCUT2D eigenvalue weighted by Gasteiger charge is -2.40. The number of amides is 1. The van der Waals surface area contributed by atoms with Gasteiger partial charge in [-0.1, -0.05) is 30.3 Å². The average molecular weight is 288 g/mol. The van der Waals surface area contributed by atoms with Gasteiger partial charge in [-0.25, -0.2) is 0 Å². The molecule has 1 fully saturated rings. The molecule has 1 heterocycles. The average Bonchev–Trinajstić information content (AvgIpc) is 2.53. The van der Waals surface area contributed by atoms with Crippen molar-refractivity contribution in [1.29, 1.82) is 0 Å². The molecular weight excluding hydrogens is 260 g/mol. The standard InChI is InChI=1S/C18H28N2O/c1-18(2,15-9-5-4-6-10-15)17(21)20-14-8-7-11-16(20)12-13-19-3/h4-6,9-10,16,19H,7-8,11-14H2,1-3H3. The SMILES string of the molecule is CNCCC1CCCCN1C(=O)C(C)(C)c1ccccc1. The van der Waals surface area contributed by atoms with Crippen LogP contribution in [0.15, 0.2) is 30.3 Å². The Bertz CT molecular complexity index is 456. The summed E-state index contributed by atoms with van der Waals surface area (Å²) in [5, 5.41) is 3.21. The van der Waals surface area contributed by atoms with Crippen LogP contribution in [0.3, 0.4) is 0 Å². The Kier molecular flexibility index (Phi) is 5.40. The first kappa shape index (κ1) is 16.0. The van der Waals surface area contributed by atoms with E-state index in [1.165, 1.54) is 6.42 Å². The van der Waals surface area contributed by atoms with Crippen LogP contribution in [-0.2, 0) is 10.2 Å². The van der Waals surface area contributed by atoms with Crippen LogP contribution in [0.5, 0.6) is 0 Å². The highest BCUT2D eigenvalue weighted by Gasteiger charge is 2.37.